The van der Waals surface area contributed by atoms with Crippen molar-refractivity contribution in [1.82, 2.24) is 0 Å². The molecule has 1 aliphatic rings. The first-order chi connectivity index (χ1) is 5.52. The van der Waals surface area contributed by atoms with Gasteiger partial charge in [-0.25, -0.2) is 0 Å². The van der Waals surface area contributed by atoms with Crippen molar-refractivity contribution >= 4 is 11.8 Å². The molecule has 0 fully saturated rings. The normalized spacial score (nSPS) is 22.4. The molecular weight excluding hydrogens is 174 g/mol. The lowest BCUT2D eigenvalue weighted by Crippen LogP contribution is -1.90. The second-order valence-electron chi connectivity index (χ2n) is 3.02. The molecule has 0 aliphatic carbocycles. The maximum absolute atomic E-state index is 10.4. The van der Waals surface area contributed by atoms with Gasteiger partial charge in [-0.3, -0.25) is 10.1 Å². The summed E-state index contributed by atoms with van der Waals surface area (Å²) in [6.07, 6.45) is 1.70. The van der Waals surface area contributed by atoms with Gasteiger partial charge in [-0.15, -0.1) is 0 Å². The highest BCUT2D eigenvalue weighted by Crippen LogP contribution is 2.41. The fraction of sp³-hybridized carbons (Fsp3) is 0.500. The Morgan fingerprint density at radius 2 is 2.25 bits per heavy atom. The van der Waals surface area contributed by atoms with Crippen LogP contribution < -0.4 is 0 Å². The zero-order valence-electron chi connectivity index (χ0n) is 7.33. The fourth-order valence-electron chi connectivity index (χ4n) is 1.18. The second-order valence-corrected chi connectivity index (χ2v) is 4.08. The second kappa shape index (κ2) is 3.31. The average molecular weight is 185 g/mol. The first kappa shape index (κ1) is 9.32. The Hall–Kier alpha value is -0.770. The van der Waals surface area contributed by atoms with E-state index in [1.807, 2.05) is 20.8 Å². The summed E-state index contributed by atoms with van der Waals surface area (Å²) in [5.74, 6) is 0.209. The standard InChI is InChI=1S/C8H11NO2S/c1-5(2)8-6(3)4-7(12-8)9(10)11/h4,6H,1-3H3. The maximum Gasteiger partial charge on any atom is 0.304 e. The van der Waals surface area contributed by atoms with Gasteiger partial charge >= 0.3 is 5.03 Å². The van der Waals surface area contributed by atoms with Gasteiger partial charge in [0.1, 0.15) is 0 Å². The Kier molecular flexibility index (Phi) is 2.57. The van der Waals surface area contributed by atoms with Crippen LogP contribution in [0.1, 0.15) is 20.8 Å². The molecule has 0 aromatic carbocycles. The van der Waals surface area contributed by atoms with Crippen LogP contribution in [0.3, 0.4) is 0 Å². The maximum atomic E-state index is 10.4. The summed E-state index contributed by atoms with van der Waals surface area (Å²) in [6.45, 7) is 5.94. The number of nitro groups is 1. The largest absolute Gasteiger partial charge is 0.304 e. The predicted molar refractivity (Wildman–Crippen MR) is 50.2 cm³/mol. The highest BCUT2D eigenvalue weighted by atomic mass is 32.2. The average Bonchev–Trinajstić information content (AvgIpc) is 2.30. The number of hydrogen-bond donors (Lipinski definition) is 0. The van der Waals surface area contributed by atoms with Gasteiger partial charge in [-0.05, 0) is 25.6 Å². The summed E-state index contributed by atoms with van der Waals surface area (Å²) >= 11 is 1.28. The van der Waals surface area contributed by atoms with E-state index in [4.69, 9.17) is 0 Å². The third-order valence-corrected chi connectivity index (χ3v) is 3.19. The van der Waals surface area contributed by atoms with Gasteiger partial charge in [0.15, 0.2) is 0 Å². The number of hydrogen-bond acceptors (Lipinski definition) is 3. The van der Waals surface area contributed by atoms with Crippen LogP contribution in [-0.4, -0.2) is 4.92 Å². The number of rotatable bonds is 1. The topological polar surface area (TPSA) is 43.1 Å². The predicted octanol–water partition coefficient (Wildman–Crippen LogP) is 2.78. The molecule has 1 heterocycles. The minimum absolute atomic E-state index is 0.209. The van der Waals surface area contributed by atoms with Crippen molar-refractivity contribution in [3.63, 3.8) is 0 Å². The van der Waals surface area contributed by atoms with Crippen molar-refractivity contribution in [2.75, 3.05) is 0 Å². The Morgan fingerprint density at radius 1 is 1.67 bits per heavy atom. The summed E-state index contributed by atoms with van der Waals surface area (Å²) in [5.41, 5.74) is 1.17. The third kappa shape index (κ3) is 1.69. The molecule has 0 spiro atoms. The van der Waals surface area contributed by atoms with Crippen molar-refractivity contribution in [3.05, 3.63) is 31.7 Å². The Bertz CT molecular complexity index is 277. The van der Waals surface area contributed by atoms with Gasteiger partial charge in [0, 0.05) is 16.9 Å². The Labute approximate surface area is 75.7 Å². The van der Waals surface area contributed by atoms with E-state index in [1.165, 1.54) is 17.3 Å². The molecular formula is C8H11NO2S. The molecule has 0 aromatic heterocycles. The van der Waals surface area contributed by atoms with Crippen molar-refractivity contribution in [2.45, 2.75) is 20.8 Å². The van der Waals surface area contributed by atoms with E-state index in [2.05, 4.69) is 0 Å². The molecule has 0 saturated carbocycles. The lowest BCUT2D eigenvalue weighted by molar-refractivity contribution is -0.410. The van der Waals surface area contributed by atoms with E-state index in [9.17, 15) is 10.1 Å². The Morgan fingerprint density at radius 3 is 2.50 bits per heavy atom. The number of allylic oxidation sites excluding steroid dienone is 3. The van der Waals surface area contributed by atoms with E-state index in [0.717, 1.165) is 4.91 Å². The van der Waals surface area contributed by atoms with Gasteiger partial charge in [-0.2, -0.15) is 0 Å². The van der Waals surface area contributed by atoms with Crippen LogP contribution in [0.5, 0.6) is 0 Å². The van der Waals surface area contributed by atoms with Crippen molar-refractivity contribution in [1.29, 1.82) is 0 Å². The molecule has 0 N–H and O–H groups in total. The first-order valence-electron chi connectivity index (χ1n) is 3.74. The summed E-state index contributed by atoms with van der Waals surface area (Å²) in [7, 11) is 0. The Balaban J connectivity index is 2.88. The van der Waals surface area contributed by atoms with E-state index < -0.39 is 0 Å². The van der Waals surface area contributed by atoms with Gasteiger partial charge in [0.2, 0.25) is 0 Å². The fourth-order valence-corrected chi connectivity index (χ4v) is 2.21. The van der Waals surface area contributed by atoms with Crippen molar-refractivity contribution in [2.24, 2.45) is 5.92 Å². The van der Waals surface area contributed by atoms with Crippen molar-refractivity contribution < 1.29 is 4.92 Å². The van der Waals surface area contributed by atoms with Crippen molar-refractivity contribution in [3.8, 4) is 0 Å². The molecule has 1 aliphatic heterocycles. The first-order valence-corrected chi connectivity index (χ1v) is 4.55. The molecule has 0 amide bonds. The van der Waals surface area contributed by atoms with E-state index in [0.29, 0.717) is 0 Å². The molecule has 0 aromatic rings. The van der Waals surface area contributed by atoms with Crippen LogP contribution in [0.4, 0.5) is 0 Å². The van der Waals surface area contributed by atoms with E-state index >= 15 is 0 Å². The molecule has 1 rings (SSSR count). The summed E-state index contributed by atoms with van der Waals surface area (Å²) < 4.78 is 0. The third-order valence-electron chi connectivity index (χ3n) is 1.69. The molecule has 3 nitrogen and oxygen atoms in total. The summed E-state index contributed by atoms with van der Waals surface area (Å²) in [6, 6.07) is 0. The molecule has 4 heteroatoms. The summed E-state index contributed by atoms with van der Waals surface area (Å²) in [4.78, 5) is 11.2. The van der Waals surface area contributed by atoms with E-state index in [1.54, 1.807) is 6.08 Å². The van der Waals surface area contributed by atoms with Crippen LogP contribution >= 0.6 is 11.8 Å². The SMILES string of the molecule is CC(C)=C1SC([N+](=O)[O-])=CC1C. The minimum atomic E-state index is -0.322. The lowest BCUT2D eigenvalue weighted by Gasteiger charge is -2.02. The van der Waals surface area contributed by atoms with Gasteiger partial charge < -0.3 is 0 Å². The zero-order valence-corrected chi connectivity index (χ0v) is 8.14. The van der Waals surface area contributed by atoms with Crippen LogP contribution in [0, 0.1) is 16.0 Å². The summed E-state index contributed by atoms with van der Waals surface area (Å²) in [5, 5.41) is 10.7. The van der Waals surface area contributed by atoms with Crippen LogP contribution in [-0.2, 0) is 0 Å². The molecule has 66 valence electrons. The monoisotopic (exact) mass is 185 g/mol. The van der Waals surface area contributed by atoms with Crippen LogP contribution in [0.2, 0.25) is 0 Å². The van der Waals surface area contributed by atoms with Gasteiger partial charge in [0.25, 0.3) is 0 Å². The molecule has 12 heavy (non-hydrogen) atoms. The quantitative estimate of drug-likeness (QED) is 0.466. The molecule has 1 atom stereocenters. The lowest BCUT2D eigenvalue weighted by atomic mass is 10.1. The minimum Gasteiger partial charge on any atom is -0.258 e. The van der Waals surface area contributed by atoms with Gasteiger partial charge in [-0.1, -0.05) is 12.5 Å². The molecule has 0 bridgehead atoms. The van der Waals surface area contributed by atoms with Crippen LogP contribution in [0.25, 0.3) is 0 Å². The number of nitrogens with zero attached hydrogens (tertiary/aromatic N) is 1. The molecule has 0 saturated heterocycles. The van der Waals surface area contributed by atoms with E-state index in [-0.39, 0.29) is 15.9 Å². The molecule has 0 radical (unpaired) electrons. The van der Waals surface area contributed by atoms with Gasteiger partial charge in [0.05, 0.1) is 4.92 Å². The highest BCUT2D eigenvalue weighted by molar-refractivity contribution is 8.06. The highest BCUT2D eigenvalue weighted by Gasteiger charge is 2.27. The smallest absolute Gasteiger partial charge is 0.258 e. The van der Waals surface area contributed by atoms with Crippen LogP contribution in [0.15, 0.2) is 21.6 Å². The molecule has 1 unspecified atom stereocenters. The zero-order chi connectivity index (χ0) is 9.30. The number of thioether (sulfide) groups is 1.